The normalized spacial score (nSPS) is 15.0. The summed E-state index contributed by atoms with van der Waals surface area (Å²) in [5, 5.41) is 0. The predicted octanol–water partition coefficient (Wildman–Crippen LogP) is 4.79. The largest absolute Gasteiger partial charge is 0.457 e. The molecule has 1 amide bonds. The molecule has 0 radical (unpaired) electrons. The van der Waals surface area contributed by atoms with Gasteiger partial charge in [-0.2, -0.15) is 0 Å². The lowest BCUT2D eigenvalue weighted by molar-refractivity contribution is 0.0658. The van der Waals surface area contributed by atoms with Crippen LogP contribution in [-0.2, 0) is 19.6 Å². The van der Waals surface area contributed by atoms with E-state index in [1.807, 2.05) is 71.6 Å². The second kappa shape index (κ2) is 11.8. The molecule has 206 valence electrons. The second-order valence-corrected chi connectivity index (χ2v) is 10.1. The lowest BCUT2D eigenvalue weighted by Gasteiger charge is -2.31. The Morgan fingerprint density at radius 1 is 0.850 bits per heavy atom. The van der Waals surface area contributed by atoms with Gasteiger partial charge >= 0.3 is 0 Å². The molecule has 0 aliphatic carbocycles. The van der Waals surface area contributed by atoms with Crippen LogP contribution >= 0.6 is 0 Å². The molecule has 1 aromatic heterocycles. The highest BCUT2D eigenvalue weighted by Crippen LogP contribution is 2.33. The monoisotopic (exact) mass is 540 g/mol. The number of rotatable bonds is 9. The SMILES string of the molecule is CN1CCN(C(=O)c2coc(CN(Cc3cccc(Oc4ccccc4)c3)Cc3ccc4c(c3)OCO4)n2)CC1. The Morgan fingerprint density at radius 2 is 1.60 bits per heavy atom. The predicted molar refractivity (Wildman–Crippen MR) is 148 cm³/mol. The van der Waals surface area contributed by atoms with Crippen molar-refractivity contribution >= 4 is 5.91 Å². The van der Waals surface area contributed by atoms with Gasteiger partial charge in [0.2, 0.25) is 12.7 Å². The first-order chi connectivity index (χ1) is 19.6. The molecule has 3 aromatic carbocycles. The number of piperazine rings is 1. The van der Waals surface area contributed by atoms with Crippen LogP contribution in [0.1, 0.15) is 27.5 Å². The number of hydrogen-bond donors (Lipinski definition) is 0. The maximum absolute atomic E-state index is 13.0. The van der Waals surface area contributed by atoms with E-state index in [1.54, 1.807) is 0 Å². The number of fused-ring (bicyclic) bond motifs is 1. The number of likely N-dealkylation sites (N-methyl/N-ethyl adjacent to an activating group) is 1. The zero-order chi connectivity index (χ0) is 27.3. The molecule has 0 bridgehead atoms. The Labute approximate surface area is 233 Å². The van der Waals surface area contributed by atoms with Gasteiger partial charge in [0.15, 0.2) is 17.2 Å². The van der Waals surface area contributed by atoms with E-state index in [1.165, 1.54) is 6.26 Å². The number of oxazole rings is 1. The summed E-state index contributed by atoms with van der Waals surface area (Å²) in [4.78, 5) is 23.9. The average molecular weight is 541 g/mol. The number of carbonyl (C=O) groups excluding carboxylic acids is 1. The van der Waals surface area contributed by atoms with Gasteiger partial charge in [-0.3, -0.25) is 9.69 Å². The molecule has 0 atom stereocenters. The quantitative estimate of drug-likeness (QED) is 0.300. The fraction of sp³-hybridized carbons (Fsp3) is 0.290. The van der Waals surface area contributed by atoms with E-state index in [0.717, 1.165) is 47.2 Å². The molecule has 3 heterocycles. The minimum atomic E-state index is -0.0869. The van der Waals surface area contributed by atoms with E-state index in [0.29, 0.717) is 44.3 Å². The summed E-state index contributed by atoms with van der Waals surface area (Å²) in [7, 11) is 2.06. The standard InChI is InChI=1S/C31H32N4O5/c1-33-12-14-35(15-13-33)31(36)27-21-37-30(32-27)20-34(19-24-10-11-28-29(17-24)39-22-38-28)18-23-6-5-9-26(16-23)40-25-7-3-2-4-8-25/h2-11,16-17,21H,12-15,18-20,22H2,1H3. The molecular formula is C31H32N4O5. The number of hydrogen-bond acceptors (Lipinski definition) is 8. The van der Waals surface area contributed by atoms with Crippen LogP contribution in [0.25, 0.3) is 0 Å². The first-order valence-electron chi connectivity index (χ1n) is 13.4. The molecule has 0 spiro atoms. The highest BCUT2D eigenvalue weighted by atomic mass is 16.7. The van der Waals surface area contributed by atoms with E-state index in [-0.39, 0.29) is 12.7 Å². The number of aromatic nitrogens is 1. The summed E-state index contributed by atoms with van der Waals surface area (Å²) in [6.45, 7) is 4.98. The van der Waals surface area contributed by atoms with E-state index < -0.39 is 0 Å². The highest BCUT2D eigenvalue weighted by Gasteiger charge is 2.24. The molecule has 0 saturated carbocycles. The third kappa shape index (κ3) is 6.27. The second-order valence-electron chi connectivity index (χ2n) is 10.1. The zero-order valence-corrected chi connectivity index (χ0v) is 22.5. The highest BCUT2D eigenvalue weighted by molar-refractivity contribution is 5.92. The number of para-hydroxylation sites is 1. The number of amides is 1. The summed E-state index contributed by atoms with van der Waals surface area (Å²) >= 11 is 0. The molecule has 9 heteroatoms. The van der Waals surface area contributed by atoms with Gasteiger partial charge in [0, 0.05) is 39.3 Å². The summed E-state index contributed by atoms with van der Waals surface area (Å²) in [6, 6.07) is 23.7. The van der Waals surface area contributed by atoms with Crippen LogP contribution in [0.5, 0.6) is 23.0 Å². The molecule has 0 N–H and O–H groups in total. The maximum atomic E-state index is 13.0. The van der Waals surface area contributed by atoms with Crippen molar-refractivity contribution in [2.24, 2.45) is 0 Å². The van der Waals surface area contributed by atoms with Crippen LogP contribution in [0, 0.1) is 0 Å². The van der Waals surface area contributed by atoms with Gasteiger partial charge in [0.05, 0.1) is 6.54 Å². The summed E-state index contributed by atoms with van der Waals surface area (Å²) in [5.41, 5.74) is 2.50. The van der Waals surface area contributed by atoms with Gasteiger partial charge in [0.1, 0.15) is 17.8 Å². The lowest BCUT2D eigenvalue weighted by atomic mass is 10.1. The van der Waals surface area contributed by atoms with Crippen molar-refractivity contribution in [1.82, 2.24) is 19.7 Å². The van der Waals surface area contributed by atoms with Gasteiger partial charge < -0.3 is 28.4 Å². The molecule has 9 nitrogen and oxygen atoms in total. The van der Waals surface area contributed by atoms with Gasteiger partial charge in [-0.05, 0) is 54.6 Å². The molecule has 0 unspecified atom stereocenters. The Kier molecular flexibility index (Phi) is 7.65. The van der Waals surface area contributed by atoms with Crippen molar-refractivity contribution in [1.29, 1.82) is 0 Å². The smallest absolute Gasteiger partial charge is 0.275 e. The number of benzene rings is 3. The maximum Gasteiger partial charge on any atom is 0.275 e. The summed E-state index contributed by atoms with van der Waals surface area (Å²) < 4.78 is 22.9. The molecular weight excluding hydrogens is 508 g/mol. The van der Waals surface area contributed by atoms with Gasteiger partial charge in [-0.1, -0.05) is 36.4 Å². The number of nitrogens with zero attached hydrogens (tertiary/aromatic N) is 4. The zero-order valence-electron chi connectivity index (χ0n) is 22.5. The van der Waals surface area contributed by atoms with Crippen LogP contribution in [0.3, 0.4) is 0 Å². The Bertz CT molecular complexity index is 1450. The van der Waals surface area contributed by atoms with E-state index in [4.69, 9.17) is 18.6 Å². The van der Waals surface area contributed by atoms with Gasteiger partial charge in [0.25, 0.3) is 5.91 Å². The molecule has 4 aromatic rings. The third-order valence-electron chi connectivity index (χ3n) is 7.05. The van der Waals surface area contributed by atoms with Crippen LogP contribution < -0.4 is 14.2 Å². The summed E-state index contributed by atoms with van der Waals surface area (Å²) in [5.74, 6) is 3.45. The van der Waals surface area contributed by atoms with Crippen LogP contribution in [-0.4, -0.2) is 65.6 Å². The lowest BCUT2D eigenvalue weighted by Crippen LogP contribution is -2.47. The average Bonchev–Trinajstić information content (AvgIpc) is 3.63. The van der Waals surface area contributed by atoms with Crippen LogP contribution in [0.2, 0.25) is 0 Å². The van der Waals surface area contributed by atoms with Crippen molar-refractivity contribution < 1.29 is 23.4 Å². The van der Waals surface area contributed by atoms with E-state index in [2.05, 4.69) is 27.9 Å². The van der Waals surface area contributed by atoms with E-state index >= 15 is 0 Å². The number of ether oxygens (including phenoxy) is 3. The molecule has 2 aliphatic rings. The fourth-order valence-electron chi connectivity index (χ4n) is 4.90. The van der Waals surface area contributed by atoms with Gasteiger partial charge in [-0.25, -0.2) is 4.98 Å². The van der Waals surface area contributed by atoms with Crippen molar-refractivity contribution in [3.05, 3.63) is 102 Å². The Balaban J connectivity index is 1.19. The van der Waals surface area contributed by atoms with Crippen molar-refractivity contribution in [2.75, 3.05) is 40.0 Å². The minimum absolute atomic E-state index is 0.0869. The molecule has 2 aliphatic heterocycles. The topological polar surface area (TPSA) is 80.5 Å². The van der Waals surface area contributed by atoms with Gasteiger partial charge in [-0.15, -0.1) is 0 Å². The van der Waals surface area contributed by atoms with Crippen LogP contribution in [0.15, 0.2) is 83.5 Å². The molecule has 40 heavy (non-hydrogen) atoms. The molecule has 1 saturated heterocycles. The molecule has 1 fully saturated rings. The van der Waals surface area contributed by atoms with E-state index in [9.17, 15) is 4.79 Å². The first kappa shape index (κ1) is 25.9. The molecule has 6 rings (SSSR count). The summed E-state index contributed by atoms with van der Waals surface area (Å²) in [6.07, 6.45) is 1.48. The van der Waals surface area contributed by atoms with Crippen molar-refractivity contribution in [3.63, 3.8) is 0 Å². The Hall–Kier alpha value is -4.34. The fourth-order valence-corrected chi connectivity index (χ4v) is 4.90. The van der Waals surface area contributed by atoms with Crippen molar-refractivity contribution in [2.45, 2.75) is 19.6 Å². The number of carbonyl (C=O) groups is 1. The van der Waals surface area contributed by atoms with Crippen LogP contribution in [0.4, 0.5) is 0 Å². The Morgan fingerprint density at radius 3 is 2.42 bits per heavy atom. The van der Waals surface area contributed by atoms with Crippen molar-refractivity contribution in [3.8, 4) is 23.0 Å². The minimum Gasteiger partial charge on any atom is -0.457 e. The third-order valence-corrected chi connectivity index (χ3v) is 7.05. The first-order valence-corrected chi connectivity index (χ1v) is 13.4.